The maximum absolute atomic E-state index is 13.6. The van der Waals surface area contributed by atoms with E-state index in [2.05, 4.69) is 6.92 Å². The predicted molar refractivity (Wildman–Crippen MR) is 71.4 cm³/mol. The van der Waals surface area contributed by atoms with Crippen molar-refractivity contribution >= 4 is 6.29 Å². The van der Waals surface area contributed by atoms with Crippen LogP contribution in [0.15, 0.2) is 12.1 Å². The Morgan fingerprint density at radius 3 is 2.21 bits per heavy atom. The van der Waals surface area contributed by atoms with Gasteiger partial charge in [0, 0.05) is 0 Å². The van der Waals surface area contributed by atoms with Gasteiger partial charge in [-0.3, -0.25) is 4.79 Å². The smallest absolute Gasteiger partial charge is 0.155 e. The van der Waals surface area contributed by atoms with Gasteiger partial charge in [-0.25, -0.2) is 8.78 Å². The number of benzene rings is 1. The van der Waals surface area contributed by atoms with E-state index in [4.69, 9.17) is 0 Å². The molecule has 0 aromatic heterocycles. The van der Waals surface area contributed by atoms with Crippen LogP contribution >= 0.6 is 0 Å². The van der Waals surface area contributed by atoms with Crippen molar-refractivity contribution in [3.8, 4) is 0 Å². The highest BCUT2D eigenvalue weighted by molar-refractivity contribution is 5.75. The highest BCUT2D eigenvalue weighted by atomic mass is 19.1. The third-order valence-electron chi connectivity index (χ3n) is 4.23. The standard InChI is InChI=1S/C16H20F2O/c1-2-3-11-4-6-12(7-5-11)13-8-15(17)14(10-19)16(18)9-13/h8-12H,2-7H2,1H3. The zero-order valence-corrected chi connectivity index (χ0v) is 11.3. The van der Waals surface area contributed by atoms with Crippen LogP contribution in [0.3, 0.4) is 0 Å². The first kappa shape index (κ1) is 14.2. The molecule has 0 atom stereocenters. The maximum atomic E-state index is 13.6. The fourth-order valence-electron chi connectivity index (χ4n) is 3.14. The van der Waals surface area contributed by atoms with Crippen molar-refractivity contribution < 1.29 is 13.6 Å². The Morgan fingerprint density at radius 2 is 1.74 bits per heavy atom. The molecule has 0 radical (unpaired) electrons. The lowest BCUT2D eigenvalue weighted by Crippen LogP contribution is -2.14. The number of rotatable bonds is 4. The first-order valence-corrected chi connectivity index (χ1v) is 7.09. The van der Waals surface area contributed by atoms with Gasteiger partial charge in [-0.1, -0.05) is 19.8 Å². The number of carbonyl (C=O) groups is 1. The number of hydrogen-bond donors (Lipinski definition) is 0. The van der Waals surface area contributed by atoms with Crippen molar-refractivity contribution in [1.82, 2.24) is 0 Å². The molecule has 0 amide bonds. The van der Waals surface area contributed by atoms with Crippen LogP contribution in [0.2, 0.25) is 0 Å². The van der Waals surface area contributed by atoms with Crippen LogP contribution < -0.4 is 0 Å². The van der Waals surface area contributed by atoms with Crippen molar-refractivity contribution in [2.45, 2.75) is 51.4 Å². The normalized spacial score (nSPS) is 23.3. The zero-order chi connectivity index (χ0) is 13.8. The zero-order valence-electron chi connectivity index (χ0n) is 11.3. The molecule has 2 rings (SSSR count). The van der Waals surface area contributed by atoms with E-state index in [1.165, 1.54) is 25.0 Å². The summed E-state index contributed by atoms with van der Waals surface area (Å²) in [5, 5.41) is 0. The van der Waals surface area contributed by atoms with E-state index in [-0.39, 0.29) is 12.2 Å². The fraction of sp³-hybridized carbons (Fsp3) is 0.562. The second kappa shape index (κ2) is 6.27. The second-order valence-electron chi connectivity index (χ2n) is 5.52. The third-order valence-corrected chi connectivity index (χ3v) is 4.23. The Kier molecular flexibility index (Phi) is 4.67. The molecular formula is C16H20F2O. The molecule has 0 unspecified atom stereocenters. The van der Waals surface area contributed by atoms with Crippen LogP contribution in [0.1, 0.15) is 67.3 Å². The van der Waals surface area contributed by atoms with Gasteiger partial charge in [0.05, 0.1) is 5.56 Å². The van der Waals surface area contributed by atoms with Gasteiger partial charge < -0.3 is 0 Å². The summed E-state index contributed by atoms with van der Waals surface area (Å²) in [4.78, 5) is 10.6. The summed E-state index contributed by atoms with van der Waals surface area (Å²) in [5.74, 6) is -0.468. The molecule has 0 spiro atoms. The molecular weight excluding hydrogens is 246 g/mol. The van der Waals surface area contributed by atoms with Gasteiger partial charge in [0.2, 0.25) is 0 Å². The average molecular weight is 266 g/mol. The quantitative estimate of drug-likeness (QED) is 0.712. The number of halogens is 2. The molecule has 1 saturated carbocycles. The SMILES string of the molecule is CCCC1CCC(c2cc(F)c(C=O)c(F)c2)CC1. The highest BCUT2D eigenvalue weighted by Crippen LogP contribution is 2.38. The Bertz CT molecular complexity index is 425. The van der Waals surface area contributed by atoms with Crippen molar-refractivity contribution in [2.75, 3.05) is 0 Å². The molecule has 1 nitrogen and oxygen atoms in total. The molecule has 0 heterocycles. The predicted octanol–water partition coefficient (Wildman–Crippen LogP) is 4.85. The highest BCUT2D eigenvalue weighted by Gasteiger charge is 2.23. The van der Waals surface area contributed by atoms with E-state index in [1.807, 2.05) is 0 Å². The van der Waals surface area contributed by atoms with Crippen LogP contribution in [-0.4, -0.2) is 6.29 Å². The summed E-state index contributed by atoms with van der Waals surface area (Å²) in [5.41, 5.74) is 0.249. The summed E-state index contributed by atoms with van der Waals surface area (Å²) in [6.45, 7) is 2.19. The van der Waals surface area contributed by atoms with Gasteiger partial charge in [0.15, 0.2) is 6.29 Å². The first-order chi connectivity index (χ1) is 9.15. The summed E-state index contributed by atoms with van der Waals surface area (Å²) in [7, 11) is 0. The molecule has 19 heavy (non-hydrogen) atoms. The summed E-state index contributed by atoms with van der Waals surface area (Å²) in [6, 6.07) is 2.66. The Hall–Kier alpha value is -1.25. The minimum Gasteiger partial charge on any atom is -0.298 e. The molecule has 1 aromatic carbocycles. The minimum absolute atomic E-state index is 0.234. The summed E-state index contributed by atoms with van der Waals surface area (Å²) in [6.07, 6.45) is 6.95. The van der Waals surface area contributed by atoms with Crippen LogP contribution in [0.5, 0.6) is 0 Å². The van der Waals surface area contributed by atoms with Gasteiger partial charge in [-0.15, -0.1) is 0 Å². The van der Waals surface area contributed by atoms with Gasteiger partial charge in [-0.05, 0) is 55.2 Å². The van der Waals surface area contributed by atoms with Crippen LogP contribution in [0.25, 0.3) is 0 Å². The second-order valence-corrected chi connectivity index (χ2v) is 5.52. The molecule has 1 aliphatic carbocycles. The molecule has 0 N–H and O–H groups in total. The number of hydrogen-bond acceptors (Lipinski definition) is 1. The number of carbonyl (C=O) groups excluding carboxylic acids is 1. The summed E-state index contributed by atoms with van der Waals surface area (Å²) < 4.78 is 27.2. The van der Waals surface area contributed by atoms with Crippen molar-refractivity contribution in [3.05, 3.63) is 34.9 Å². The average Bonchev–Trinajstić information content (AvgIpc) is 2.39. The Balaban J connectivity index is 2.09. The lowest BCUT2D eigenvalue weighted by atomic mass is 9.77. The topological polar surface area (TPSA) is 17.1 Å². The molecule has 1 fully saturated rings. The van der Waals surface area contributed by atoms with E-state index in [0.717, 1.165) is 31.6 Å². The fourth-order valence-corrected chi connectivity index (χ4v) is 3.14. The lowest BCUT2D eigenvalue weighted by molar-refractivity contribution is 0.111. The van der Waals surface area contributed by atoms with Crippen molar-refractivity contribution in [2.24, 2.45) is 5.92 Å². The molecule has 3 heteroatoms. The van der Waals surface area contributed by atoms with Crippen molar-refractivity contribution in [1.29, 1.82) is 0 Å². The van der Waals surface area contributed by atoms with E-state index < -0.39 is 17.2 Å². The van der Waals surface area contributed by atoms with E-state index >= 15 is 0 Å². The molecule has 0 saturated heterocycles. The lowest BCUT2D eigenvalue weighted by Gasteiger charge is -2.28. The maximum Gasteiger partial charge on any atom is 0.155 e. The van der Waals surface area contributed by atoms with E-state index in [1.54, 1.807) is 0 Å². The van der Waals surface area contributed by atoms with Gasteiger partial charge in [0.25, 0.3) is 0 Å². The minimum atomic E-state index is -0.735. The third kappa shape index (κ3) is 3.20. The molecule has 1 aromatic rings. The Morgan fingerprint density at radius 1 is 1.16 bits per heavy atom. The molecule has 0 aliphatic heterocycles. The number of aldehydes is 1. The van der Waals surface area contributed by atoms with Crippen LogP contribution in [-0.2, 0) is 0 Å². The van der Waals surface area contributed by atoms with Crippen molar-refractivity contribution in [3.63, 3.8) is 0 Å². The van der Waals surface area contributed by atoms with Crippen LogP contribution in [0, 0.1) is 17.6 Å². The van der Waals surface area contributed by atoms with E-state index in [0.29, 0.717) is 5.56 Å². The van der Waals surface area contributed by atoms with Gasteiger partial charge in [-0.2, -0.15) is 0 Å². The largest absolute Gasteiger partial charge is 0.298 e. The Labute approximate surface area is 113 Å². The van der Waals surface area contributed by atoms with E-state index in [9.17, 15) is 13.6 Å². The van der Waals surface area contributed by atoms with Gasteiger partial charge >= 0.3 is 0 Å². The molecule has 0 bridgehead atoms. The van der Waals surface area contributed by atoms with Gasteiger partial charge in [0.1, 0.15) is 11.6 Å². The monoisotopic (exact) mass is 266 g/mol. The molecule has 104 valence electrons. The first-order valence-electron chi connectivity index (χ1n) is 7.09. The molecule has 1 aliphatic rings. The van der Waals surface area contributed by atoms with Crippen LogP contribution in [0.4, 0.5) is 8.78 Å². The summed E-state index contributed by atoms with van der Waals surface area (Å²) >= 11 is 0.